The van der Waals surface area contributed by atoms with E-state index in [1.165, 1.54) is 53.3 Å². The molecule has 3 heterocycles. The predicted octanol–water partition coefficient (Wildman–Crippen LogP) is 4.23. The molecule has 0 aliphatic carbocycles. The first-order chi connectivity index (χ1) is 12.9. The summed E-state index contributed by atoms with van der Waals surface area (Å²) in [6.07, 6.45) is 2.36. The summed E-state index contributed by atoms with van der Waals surface area (Å²) in [4.78, 5) is 5.19. The number of nitrogens with zero attached hydrogens (tertiary/aromatic N) is 2. The summed E-state index contributed by atoms with van der Waals surface area (Å²) in [5, 5.41) is 6.30. The van der Waals surface area contributed by atoms with E-state index in [0.717, 1.165) is 19.6 Å². The molecule has 3 nitrogen and oxygen atoms in total. The highest BCUT2D eigenvalue weighted by Gasteiger charge is 2.20. The van der Waals surface area contributed by atoms with Gasteiger partial charge in [-0.05, 0) is 47.6 Å². The maximum absolute atomic E-state index is 3.49. The van der Waals surface area contributed by atoms with Crippen molar-refractivity contribution >= 4 is 32.1 Å². The Labute approximate surface area is 159 Å². The molecule has 1 aromatic heterocycles. The molecule has 0 atom stereocenters. The molecule has 3 aromatic rings. The molecule has 0 unspecified atom stereocenters. The second kappa shape index (κ2) is 6.93. The second-order valence-corrected chi connectivity index (χ2v) is 8.38. The minimum atomic E-state index is 1.10. The Morgan fingerprint density at radius 3 is 2.73 bits per heavy atom. The van der Waals surface area contributed by atoms with Crippen molar-refractivity contribution in [1.82, 2.24) is 4.90 Å². The van der Waals surface area contributed by atoms with Crippen LogP contribution >= 0.6 is 11.3 Å². The largest absolute Gasteiger partial charge is 0.384 e. The first-order valence-electron chi connectivity index (χ1n) is 9.67. The molecule has 2 aliphatic rings. The zero-order chi connectivity index (χ0) is 17.3. The molecule has 2 aromatic carbocycles. The van der Waals surface area contributed by atoms with Crippen LogP contribution in [-0.4, -0.2) is 44.2 Å². The predicted molar refractivity (Wildman–Crippen MR) is 113 cm³/mol. The Bertz CT molecular complexity index is 876. The van der Waals surface area contributed by atoms with Crippen LogP contribution < -0.4 is 10.2 Å². The van der Waals surface area contributed by atoms with Crippen molar-refractivity contribution in [1.29, 1.82) is 0 Å². The number of hydrogen-bond acceptors (Lipinski definition) is 4. The molecule has 0 radical (unpaired) electrons. The van der Waals surface area contributed by atoms with E-state index in [0.29, 0.717) is 0 Å². The van der Waals surface area contributed by atoms with Crippen LogP contribution in [0.15, 0.2) is 48.5 Å². The molecule has 0 saturated carbocycles. The lowest BCUT2D eigenvalue weighted by molar-refractivity contribution is 0.261. The van der Waals surface area contributed by atoms with Crippen LogP contribution in [0, 0.1) is 0 Å². The first kappa shape index (κ1) is 16.2. The van der Waals surface area contributed by atoms with Crippen molar-refractivity contribution in [2.75, 3.05) is 49.5 Å². The quantitative estimate of drug-likeness (QED) is 0.748. The zero-order valence-corrected chi connectivity index (χ0v) is 15.9. The number of piperazine rings is 1. The van der Waals surface area contributed by atoms with Crippen molar-refractivity contribution in [3.05, 3.63) is 59.7 Å². The fourth-order valence-corrected chi connectivity index (χ4v) is 5.36. The van der Waals surface area contributed by atoms with Gasteiger partial charge in [-0.1, -0.05) is 30.3 Å². The van der Waals surface area contributed by atoms with Crippen LogP contribution in [0.25, 0.3) is 10.1 Å². The summed E-state index contributed by atoms with van der Waals surface area (Å²) in [6, 6.07) is 17.8. The van der Waals surface area contributed by atoms with Gasteiger partial charge in [-0.3, -0.25) is 4.90 Å². The van der Waals surface area contributed by atoms with Gasteiger partial charge >= 0.3 is 0 Å². The number of thiophene rings is 1. The van der Waals surface area contributed by atoms with E-state index in [1.54, 1.807) is 11.1 Å². The van der Waals surface area contributed by atoms with Gasteiger partial charge in [0.1, 0.15) is 0 Å². The van der Waals surface area contributed by atoms with Gasteiger partial charge in [-0.2, -0.15) is 0 Å². The SMILES string of the molecule is c1cc(CCN2CCN(c3cc4ccccc4s3)CC2)c2c(c1)NCC2. The van der Waals surface area contributed by atoms with Crippen LogP contribution in [0.4, 0.5) is 10.7 Å². The third-order valence-electron chi connectivity index (χ3n) is 5.76. The maximum atomic E-state index is 3.49. The van der Waals surface area contributed by atoms with Crippen LogP contribution in [0.3, 0.4) is 0 Å². The first-order valence-corrected chi connectivity index (χ1v) is 10.5. The molecular weight excluding hydrogens is 338 g/mol. The van der Waals surface area contributed by atoms with Gasteiger partial charge in [0.25, 0.3) is 0 Å². The molecule has 0 spiro atoms. The number of rotatable bonds is 4. The highest BCUT2D eigenvalue weighted by molar-refractivity contribution is 7.22. The van der Waals surface area contributed by atoms with Crippen molar-refractivity contribution in [3.8, 4) is 0 Å². The number of nitrogens with one attached hydrogen (secondary N) is 1. The molecule has 0 amide bonds. The topological polar surface area (TPSA) is 18.5 Å². The fraction of sp³-hybridized carbons (Fsp3) is 0.364. The highest BCUT2D eigenvalue weighted by Crippen LogP contribution is 2.33. The molecule has 134 valence electrons. The summed E-state index contributed by atoms with van der Waals surface area (Å²) in [6.45, 7) is 6.89. The van der Waals surface area contributed by atoms with Crippen molar-refractivity contribution in [2.45, 2.75) is 12.8 Å². The highest BCUT2D eigenvalue weighted by atomic mass is 32.1. The van der Waals surface area contributed by atoms with E-state index in [-0.39, 0.29) is 0 Å². The van der Waals surface area contributed by atoms with Crippen LogP contribution in [0.2, 0.25) is 0 Å². The maximum Gasteiger partial charge on any atom is 0.0921 e. The van der Waals surface area contributed by atoms with Gasteiger partial charge in [0, 0.05) is 49.7 Å². The minimum absolute atomic E-state index is 1.10. The second-order valence-electron chi connectivity index (χ2n) is 7.32. The molecule has 2 aliphatic heterocycles. The number of hydrogen-bond donors (Lipinski definition) is 1. The summed E-state index contributed by atoms with van der Waals surface area (Å²) >= 11 is 1.93. The van der Waals surface area contributed by atoms with Crippen LogP contribution in [-0.2, 0) is 12.8 Å². The van der Waals surface area contributed by atoms with E-state index in [9.17, 15) is 0 Å². The van der Waals surface area contributed by atoms with Gasteiger partial charge in [0.2, 0.25) is 0 Å². The van der Waals surface area contributed by atoms with Gasteiger partial charge in [0.15, 0.2) is 0 Å². The molecule has 26 heavy (non-hydrogen) atoms. The van der Waals surface area contributed by atoms with Crippen molar-refractivity contribution in [3.63, 3.8) is 0 Å². The number of fused-ring (bicyclic) bond motifs is 2. The summed E-state index contributed by atoms with van der Waals surface area (Å²) in [5.74, 6) is 0. The Balaban J connectivity index is 1.19. The molecule has 1 fully saturated rings. The van der Waals surface area contributed by atoms with E-state index in [4.69, 9.17) is 0 Å². The lowest BCUT2D eigenvalue weighted by Gasteiger charge is -2.35. The number of benzene rings is 2. The zero-order valence-electron chi connectivity index (χ0n) is 15.1. The van der Waals surface area contributed by atoms with Gasteiger partial charge in [-0.25, -0.2) is 0 Å². The molecule has 4 heteroatoms. The summed E-state index contributed by atoms with van der Waals surface area (Å²) < 4.78 is 1.40. The van der Waals surface area contributed by atoms with Gasteiger partial charge < -0.3 is 10.2 Å². The minimum Gasteiger partial charge on any atom is -0.384 e. The van der Waals surface area contributed by atoms with Crippen LogP contribution in [0.5, 0.6) is 0 Å². The van der Waals surface area contributed by atoms with Crippen molar-refractivity contribution < 1.29 is 0 Å². The molecule has 1 N–H and O–H groups in total. The Morgan fingerprint density at radius 1 is 0.962 bits per heavy atom. The number of anilines is 2. The summed E-state index contributed by atoms with van der Waals surface area (Å²) in [5.41, 5.74) is 4.45. The Kier molecular flexibility index (Phi) is 4.31. The Hall–Kier alpha value is -2.04. The molecule has 0 bridgehead atoms. The third-order valence-corrected chi connectivity index (χ3v) is 6.93. The van der Waals surface area contributed by atoms with Crippen molar-refractivity contribution in [2.24, 2.45) is 0 Å². The van der Waals surface area contributed by atoms with Gasteiger partial charge in [-0.15, -0.1) is 11.3 Å². The normalized spacial score (nSPS) is 17.5. The average Bonchev–Trinajstić information content (AvgIpc) is 3.33. The molecular formula is C22H25N3S. The Morgan fingerprint density at radius 2 is 1.85 bits per heavy atom. The van der Waals surface area contributed by atoms with Crippen LogP contribution in [0.1, 0.15) is 11.1 Å². The van der Waals surface area contributed by atoms with E-state index >= 15 is 0 Å². The molecule has 5 rings (SSSR count). The van der Waals surface area contributed by atoms with E-state index < -0.39 is 0 Å². The summed E-state index contributed by atoms with van der Waals surface area (Å²) in [7, 11) is 0. The smallest absolute Gasteiger partial charge is 0.0921 e. The lowest BCUT2D eigenvalue weighted by Crippen LogP contribution is -2.46. The van der Waals surface area contributed by atoms with Gasteiger partial charge in [0.05, 0.1) is 5.00 Å². The fourth-order valence-electron chi connectivity index (χ4n) is 4.25. The standard InChI is InChI=1S/C22H25N3S/c1-2-7-21-18(4-1)16-22(26-21)25-14-12-24(13-15-25)11-9-17-5-3-6-20-19(17)8-10-23-20/h1-7,16,23H,8-15H2. The van der Waals surface area contributed by atoms with E-state index in [2.05, 4.69) is 63.6 Å². The van der Waals surface area contributed by atoms with E-state index in [1.807, 2.05) is 11.3 Å². The monoisotopic (exact) mass is 363 g/mol. The molecule has 1 saturated heterocycles. The third kappa shape index (κ3) is 3.08. The average molecular weight is 364 g/mol. The lowest BCUT2D eigenvalue weighted by atomic mass is 10.0.